The van der Waals surface area contributed by atoms with Gasteiger partial charge in [-0.25, -0.2) is 0 Å². The first kappa shape index (κ1) is 14.8. The first-order chi connectivity index (χ1) is 10.7. The number of carbonyl (C=O) groups excluding carboxylic acids is 2. The highest BCUT2D eigenvalue weighted by Gasteiger charge is 2.34. The van der Waals surface area contributed by atoms with Crippen LogP contribution in [0.5, 0.6) is 0 Å². The summed E-state index contributed by atoms with van der Waals surface area (Å²) in [5.41, 5.74) is 0.940. The lowest BCUT2D eigenvalue weighted by atomic mass is 10.0. The third-order valence-corrected chi connectivity index (χ3v) is 4.41. The molecule has 0 radical (unpaired) electrons. The van der Waals surface area contributed by atoms with E-state index >= 15 is 0 Å². The van der Waals surface area contributed by atoms with Gasteiger partial charge in [-0.1, -0.05) is 42.5 Å². The van der Waals surface area contributed by atoms with Gasteiger partial charge in [0.15, 0.2) is 0 Å². The molecule has 0 bridgehead atoms. The summed E-state index contributed by atoms with van der Waals surface area (Å²) in [5, 5.41) is 1.93. The average Bonchev–Trinajstić information content (AvgIpc) is 2.80. The van der Waals surface area contributed by atoms with Gasteiger partial charge in [0, 0.05) is 7.11 Å². The maximum Gasteiger partial charge on any atom is 0.293 e. The number of carbonyl (C=O) groups is 2. The van der Waals surface area contributed by atoms with Crippen molar-refractivity contribution >= 4 is 39.8 Å². The number of amides is 2. The fraction of sp³-hybridized carbons (Fsp3) is 0.176. The van der Waals surface area contributed by atoms with E-state index in [1.165, 1.54) is 4.90 Å². The Morgan fingerprint density at radius 1 is 1.14 bits per heavy atom. The van der Waals surface area contributed by atoms with E-state index in [2.05, 4.69) is 0 Å². The van der Waals surface area contributed by atoms with Gasteiger partial charge >= 0.3 is 0 Å². The Kier molecular flexibility index (Phi) is 4.27. The molecule has 1 aliphatic heterocycles. The van der Waals surface area contributed by atoms with Crippen LogP contribution in [0.3, 0.4) is 0 Å². The zero-order valence-electron chi connectivity index (χ0n) is 12.1. The molecule has 4 nitrogen and oxygen atoms in total. The topological polar surface area (TPSA) is 46.6 Å². The largest absolute Gasteiger partial charge is 0.383 e. The van der Waals surface area contributed by atoms with E-state index in [1.807, 2.05) is 42.5 Å². The van der Waals surface area contributed by atoms with E-state index in [-0.39, 0.29) is 17.7 Å². The molecular formula is C17H15NO3S. The van der Waals surface area contributed by atoms with E-state index in [0.717, 1.165) is 28.1 Å². The number of thioether (sulfide) groups is 1. The van der Waals surface area contributed by atoms with Crippen LogP contribution in [0.2, 0.25) is 0 Å². The summed E-state index contributed by atoms with van der Waals surface area (Å²) in [7, 11) is 1.55. The smallest absolute Gasteiger partial charge is 0.293 e. The van der Waals surface area contributed by atoms with Crippen molar-refractivity contribution in [3.8, 4) is 0 Å². The van der Waals surface area contributed by atoms with Gasteiger partial charge < -0.3 is 4.74 Å². The third kappa shape index (κ3) is 2.77. The SMILES string of the molecule is COCCN1C(=O)S/C(=C/c2cccc3ccccc23)C1=O. The van der Waals surface area contributed by atoms with E-state index in [1.54, 1.807) is 13.2 Å². The van der Waals surface area contributed by atoms with Crippen molar-refractivity contribution in [2.24, 2.45) is 0 Å². The molecule has 0 aliphatic carbocycles. The zero-order chi connectivity index (χ0) is 15.5. The van der Waals surface area contributed by atoms with Crippen molar-refractivity contribution in [1.82, 2.24) is 4.90 Å². The number of hydrogen-bond acceptors (Lipinski definition) is 4. The first-order valence-electron chi connectivity index (χ1n) is 6.93. The van der Waals surface area contributed by atoms with Gasteiger partial charge in [-0.05, 0) is 34.2 Å². The van der Waals surface area contributed by atoms with Crippen molar-refractivity contribution < 1.29 is 14.3 Å². The minimum Gasteiger partial charge on any atom is -0.383 e. The molecule has 22 heavy (non-hydrogen) atoms. The number of imide groups is 1. The standard InChI is InChI=1S/C17H15NO3S/c1-21-10-9-18-16(19)15(22-17(18)20)11-13-7-4-6-12-5-2-3-8-14(12)13/h2-8,11H,9-10H2,1H3/b15-11+. The van der Waals surface area contributed by atoms with Gasteiger partial charge in [-0.2, -0.15) is 0 Å². The maximum atomic E-state index is 12.3. The van der Waals surface area contributed by atoms with Crippen LogP contribution >= 0.6 is 11.8 Å². The van der Waals surface area contributed by atoms with Crippen LogP contribution in [-0.4, -0.2) is 36.3 Å². The van der Waals surface area contributed by atoms with Gasteiger partial charge in [-0.15, -0.1) is 0 Å². The van der Waals surface area contributed by atoms with Crippen LogP contribution in [0.15, 0.2) is 47.4 Å². The zero-order valence-corrected chi connectivity index (χ0v) is 12.9. The summed E-state index contributed by atoms with van der Waals surface area (Å²) in [6, 6.07) is 13.9. The lowest BCUT2D eigenvalue weighted by Gasteiger charge is -2.10. The fourth-order valence-corrected chi connectivity index (χ4v) is 3.25. The van der Waals surface area contributed by atoms with Crippen LogP contribution in [0.4, 0.5) is 4.79 Å². The van der Waals surface area contributed by atoms with Gasteiger partial charge in [0.05, 0.1) is 18.1 Å². The highest BCUT2D eigenvalue weighted by atomic mass is 32.2. The number of ether oxygens (including phenoxy) is 1. The normalized spacial score (nSPS) is 17.0. The maximum absolute atomic E-state index is 12.3. The van der Waals surface area contributed by atoms with Crippen LogP contribution in [0.1, 0.15) is 5.56 Å². The summed E-state index contributed by atoms with van der Waals surface area (Å²) in [6.45, 7) is 0.633. The first-order valence-corrected chi connectivity index (χ1v) is 7.74. The third-order valence-electron chi connectivity index (χ3n) is 3.50. The molecule has 0 atom stereocenters. The summed E-state index contributed by atoms with van der Waals surface area (Å²) >= 11 is 0.979. The van der Waals surface area contributed by atoms with E-state index in [0.29, 0.717) is 11.5 Å². The van der Waals surface area contributed by atoms with Crippen LogP contribution in [0, 0.1) is 0 Å². The number of benzene rings is 2. The van der Waals surface area contributed by atoms with E-state index in [4.69, 9.17) is 4.74 Å². The molecule has 0 saturated carbocycles. The second-order valence-electron chi connectivity index (χ2n) is 4.89. The number of rotatable bonds is 4. The molecule has 0 aromatic heterocycles. The average molecular weight is 313 g/mol. The molecular weight excluding hydrogens is 298 g/mol. The molecule has 0 unspecified atom stereocenters. The lowest BCUT2D eigenvalue weighted by molar-refractivity contribution is -0.123. The Hall–Kier alpha value is -2.11. The second-order valence-corrected chi connectivity index (χ2v) is 5.89. The monoisotopic (exact) mass is 313 g/mol. The molecule has 2 aromatic rings. The van der Waals surface area contributed by atoms with Crippen LogP contribution < -0.4 is 0 Å². The predicted molar refractivity (Wildman–Crippen MR) is 88.5 cm³/mol. The Balaban J connectivity index is 1.95. The molecule has 1 fully saturated rings. The molecule has 2 aromatic carbocycles. The van der Waals surface area contributed by atoms with Gasteiger partial charge in [0.1, 0.15) is 0 Å². The van der Waals surface area contributed by atoms with Crippen LogP contribution in [0.25, 0.3) is 16.8 Å². The minimum atomic E-state index is -0.250. The number of fused-ring (bicyclic) bond motifs is 1. The highest BCUT2D eigenvalue weighted by Crippen LogP contribution is 2.33. The van der Waals surface area contributed by atoms with Gasteiger partial charge in [0.2, 0.25) is 0 Å². The molecule has 2 amide bonds. The van der Waals surface area contributed by atoms with Crippen molar-refractivity contribution in [2.45, 2.75) is 0 Å². The Morgan fingerprint density at radius 2 is 1.91 bits per heavy atom. The molecule has 1 saturated heterocycles. The Morgan fingerprint density at radius 3 is 2.73 bits per heavy atom. The molecule has 112 valence electrons. The quantitative estimate of drug-likeness (QED) is 0.810. The van der Waals surface area contributed by atoms with Crippen molar-refractivity contribution in [3.05, 3.63) is 52.9 Å². The molecule has 0 spiro atoms. The highest BCUT2D eigenvalue weighted by molar-refractivity contribution is 8.18. The van der Waals surface area contributed by atoms with E-state index < -0.39 is 0 Å². The van der Waals surface area contributed by atoms with Gasteiger partial charge in [0.25, 0.3) is 11.1 Å². The number of hydrogen-bond donors (Lipinski definition) is 0. The minimum absolute atomic E-state index is 0.242. The van der Waals surface area contributed by atoms with Crippen molar-refractivity contribution in [1.29, 1.82) is 0 Å². The van der Waals surface area contributed by atoms with Crippen molar-refractivity contribution in [2.75, 3.05) is 20.3 Å². The number of nitrogens with zero attached hydrogens (tertiary/aromatic N) is 1. The summed E-state index contributed by atoms with van der Waals surface area (Å²) in [4.78, 5) is 25.9. The molecule has 0 N–H and O–H groups in total. The predicted octanol–water partition coefficient (Wildman–Crippen LogP) is 3.52. The molecule has 1 heterocycles. The summed E-state index contributed by atoms with van der Waals surface area (Å²) in [6.07, 6.45) is 1.79. The van der Waals surface area contributed by atoms with Crippen molar-refractivity contribution in [3.63, 3.8) is 0 Å². The molecule has 5 heteroatoms. The summed E-state index contributed by atoms with van der Waals surface area (Å²) < 4.78 is 4.94. The Bertz CT molecular complexity index is 764. The fourth-order valence-electron chi connectivity index (χ4n) is 2.39. The van der Waals surface area contributed by atoms with Crippen LogP contribution in [-0.2, 0) is 9.53 Å². The molecule has 3 rings (SSSR count). The Labute approximate surface area is 132 Å². The van der Waals surface area contributed by atoms with Gasteiger partial charge in [-0.3, -0.25) is 14.5 Å². The second kappa shape index (κ2) is 6.34. The molecule has 1 aliphatic rings. The van der Waals surface area contributed by atoms with E-state index in [9.17, 15) is 9.59 Å². The summed E-state index contributed by atoms with van der Waals surface area (Å²) in [5.74, 6) is -0.250. The number of methoxy groups -OCH3 is 1. The lowest BCUT2D eigenvalue weighted by Crippen LogP contribution is -2.31.